The van der Waals surface area contributed by atoms with E-state index in [2.05, 4.69) is 52.9 Å². The zero-order chi connectivity index (χ0) is 15.4. The Bertz CT molecular complexity index is 813. The van der Waals surface area contributed by atoms with E-state index in [1.165, 1.54) is 45.7 Å². The Morgan fingerprint density at radius 3 is 2.64 bits per heavy atom. The normalized spacial score (nSPS) is 11.3. The molecule has 0 amide bonds. The van der Waals surface area contributed by atoms with Crippen LogP contribution in [0.4, 0.5) is 0 Å². The zero-order valence-electron chi connectivity index (χ0n) is 11.9. The summed E-state index contributed by atoms with van der Waals surface area (Å²) >= 11 is 7.42. The third-order valence-corrected chi connectivity index (χ3v) is 4.45. The molecule has 2 nitrogen and oxygen atoms in total. The lowest BCUT2D eigenvalue weighted by Crippen LogP contribution is -1.87. The monoisotopic (exact) mass is 326 g/mol. The predicted octanol–water partition coefficient (Wildman–Crippen LogP) is 5.30. The maximum Gasteiger partial charge on any atom is 0.0937 e. The van der Waals surface area contributed by atoms with Gasteiger partial charge < -0.3 is 5.73 Å². The van der Waals surface area contributed by atoms with E-state index in [0.717, 1.165) is 10.8 Å². The van der Waals surface area contributed by atoms with Crippen LogP contribution in [0.3, 0.4) is 0 Å². The molecule has 22 heavy (non-hydrogen) atoms. The molecule has 110 valence electrons. The van der Waals surface area contributed by atoms with Crippen LogP contribution in [0.1, 0.15) is 5.56 Å². The van der Waals surface area contributed by atoms with Crippen LogP contribution in [-0.2, 0) is 5.75 Å². The van der Waals surface area contributed by atoms with E-state index in [1.807, 2.05) is 12.1 Å². The highest BCUT2D eigenvalue weighted by Gasteiger charge is 2.04. The summed E-state index contributed by atoms with van der Waals surface area (Å²) < 4.78 is 3.98. The lowest BCUT2D eigenvalue weighted by molar-refractivity contribution is 1.44. The molecule has 0 aliphatic carbocycles. The molecule has 0 aliphatic rings. The molecule has 0 unspecified atom stereocenters. The molecule has 3 aromatic rings. The highest BCUT2D eigenvalue weighted by atomic mass is 35.5. The van der Waals surface area contributed by atoms with E-state index in [9.17, 15) is 0 Å². The van der Waals surface area contributed by atoms with Crippen LogP contribution in [-0.4, -0.2) is 6.34 Å². The van der Waals surface area contributed by atoms with Gasteiger partial charge in [0.05, 0.1) is 6.34 Å². The van der Waals surface area contributed by atoms with Crippen molar-refractivity contribution >= 4 is 40.7 Å². The number of hydrogen-bond acceptors (Lipinski definition) is 2. The Morgan fingerprint density at radius 2 is 1.86 bits per heavy atom. The quantitative estimate of drug-likeness (QED) is 0.401. The summed E-state index contributed by atoms with van der Waals surface area (Å²) in [6.45, 7) is 0. The van der Waals surface area contributed by atoms with Gasteiger partial charge in [-0.15, -0.1) is 0 Å². The average molecular weight is 327 g/mol. The molecule has 0 heterocycles. The van der Waals surface area contributed by atoms with Crippen LogP contribution in [0, 0.1) is 0 Å². The number of fused-ring (bicyclic) bond motifs is 1. The summed E-state index contributed by atoms with van der Waals surface area (Å²) in [6.07, 6.45) is 1.32. The number of hydrogen-bond donors (Lipinski definition) is 1. The molecule has 0 fully saturated rings. The molecule has 0 atom stereocenters. The van der Waals surface area contributed by atoms with E-state index in [-0.39, 0.29) is 0 Å². The molecule has 0 aliphatic heterocycles. The number of rotatable bonds is 4. The zero-order valence-corrected chi connectivity index (χ0v) is 13.4. The smallest absolute Gasteiger partial charge is 0.0937 e. The summed E-state index contributed by atoms with van der Waals surface area (Å²) in [5.41, 5.74) is 8.88. The van der Waals surface area contributed by atoms with Crippen LogP contribution < -0.4 is 5.73 Å². The number of nitrogens with zero attached hydrogens (tertiary/aromatic N) is 1. The SMILES string of the molecule is N/C=N\SCc1ccc2c(-c3ccc(Cl)cc3)cccc2c1. The molecule has 3 aromatic carbocycles. The summed E-state index contributed by atoms with van der Waals surface area (Å²) in [4.78, 5) is 0. The molecule has 4 heteroatoms. The van der Waals surface area contributed by atoms with E-state index < -0.39 is 0 Å². The first-order chi connectivity index (χ1) is 10.8. The van der Waals surface area contributed by atoms with Crippen LogP contribution in [0.2, 0.25) is 5.02 Å². The Labute approximate surface area is 139 Å². The minimum absolute atomic E-state index is 0.753. The summed E-state index contributed by atoms with van der Waals surface area (Å²) in [5, 5.41) is 3.21. The second-order valence-corrected chi connectivity index (χ2v) is 6.09. The van der Waals surface area contributed by atoms with Crippen molar-refractivity contribution < 1.29 is 0 Å². The fourth-order valence-corrected chi connectivity index (χ4v) is 3.07. The molecule has 0 saturated heterocycles. The molecule has 0 radical (unpaired) electrons. The van der Waals surface area contributed by atoms with E-state index in [4.69, 9.17) is 17.3 Å². The van der Waals surface area contributed by atoms with Crippen molar-refractivity contribution in [2.24, 2.45) is 10.1 Å². The van der Waals surface area contributed by atoms with Crippen molar-refractivity contribution in [2.75, 3.05) is 0 Å². The Kier molecular flexibility index (Phi) is 4.66. The molecule has 2 N–H and O–H groups in total. The van der Waals surface area contributed by atoms with Crippen molar-refractivity contribution in [3.05, 3.63) is 71.2 Å². The third kappa shape index (κ3) is 3.26. The van der Waals surface area contributed by atoms with Gasteiger partial charge >= 0.3 is 0 Å². The van der Waals surface area contributed by atoms with Gasteiger partial charge in [0.15, 0.2) is 0 Å². The van der Waals surface area contributed by atoms with Crippen LogP contribution in [0.5, 0.6) is 0 Å². The van der Waals surface area contributed by atoms with Crippen LogP contribution >= 0.6 is 23.5 Å². The summed E-state index contributed by atoms with van der Waals surface area (Å²) in [5.74, 6) is 0.814. The Hall–Kier alpha value is -1.97. The van der Waals surface area contributed by atoms with Crippen molar-refractivity contribution in [3.8, 4) is 11.1 Å². The van der Waals surface area contributed by atoms with E-state index >= 15 is 0 Å². The first kappa shape index (κ1) is 14.9. The Balaban J connectivity index is 2.00. The molecule has 0 spiro atoms. The van der Waals surface area contributed by atoms with E-state index in [1.54, 1.807) is 0 Å². The van der Waals surface area contributed by atoms with Gasteiger partial charge in [-0.1, -0.05) is 60.1 Å². The lowest BCUT2D eigenvalue weighted by Gasteiger charge is -2.08. The van der Waals surface area contributed by atoms with Gasteiger partial charge in [-0.3, -0.25) is 0 Å². The lowest BCUT2D eigenvalue weighted by atomic mass is 9.97. The molecule has 0 bridgehead atoms. The van der Waals surface area contributed by atoms with Crippen molar-refractivity contribution in [1.82, 2.24) is 0 Å². The predicted molar refractivity (Wildman–Crippen MR) is 98.4 cm³/mol. The Morgan fingerprint density at radius 1 is 1.05 bits per heavy atom. The maximum absolute atomic E-state index is 5.98. The number of nitrogens with two attached hydrogens (primary N) is 1. The largest absolute Gasteiger partial charge is 0.389 e. The minimum atomic E-state index is 0.753. The molecular formula is C18H15ClN2S. The summed E-state index contributed by atoms with van der Waals surface area (Å²) in [7, 11) is 0. The first-order valence-corrected chi connectivity index (χ1v) is 8.23. The highest BCUT2D eigenvalue weighted by Crippen LogP contribution is 2.30. The van der Waals surface area contributed by atoms with Crippen molar-refractivity contribution in [1.29, 1.82) is 0 Å². The minimum Gasteiger partial charge on any atom is -0.389 e. The fourth-order valence-electron chi connectivity index (χ4n) is 2.46. The molecular weight excluding hydrogens is 312 g/mol. The number of halogens is 1. The average Bonchev–Trinajstić information content (AvgIpc) is 2.55. The van der Waals surface area contributed by atoms with Gasteiger partial charge in [-0.25, -0.2) is 4.40 Å². The summed E-state index contributed by atoms with van der Waals surface area (Å²) in [6, 6.07) is 20.8. The van der Waals surface area contributed by atoms with Gasteiger partial charge in [0.2, 0.25) is 0 Å². The van der Waals surface area contributed by atoms with Crippen molar-refractivity contribution in [2.45, 2.75) is 5.75 Å². The first-order valence-electron chi connectivity index (χ1n) is 6.91. The maximum atomic E-state index is 5.98. The highest BCUT2D eigenvalue weighted by molar-refractivity contribution is 7.97. The fraction of sp³-hybridized carbons (Fsp3) is 0.0556. The van der Waals surface area contributed by atoms with Crippen molar-refractivity contribution in [3.63, 3.8) is 0 Å². The standard InChI is InChI=1S/C18H15ClN2S/c19-16-7-5-14(6-8-16)17-3-1-2-15-10-13(4-9-18(15)17)11-22-21-12-20/h1-10,12H,11H2,(H2,20,21). The molecule has 3 rings (SSSR count). The second-order valence-electron chi connectivity index (χ2n) is 4.90. The molecule has 0 saturated carbocycles. The van der Waals surface area contributed by atoms with Gasteiger partial charge in [0.25, 0.3) is 0 Å². The topological polar surface area (TPSA) is 38.4 Å². The van der Waals surface area contributed by atoms with Gasteiger partial charge in [0, 0.05) is 10.8 Å². The van der Waals surface area contributed by atoms with E-state index in [0.29, 0.717) is 0 Å². The number of benzene rings is 3. The molecule has 0 aromatic heterocycles. The van der Waals surface area contributed by atoms with Gasteiger partial charge in [-0.05, 0) is 51.5 Å². The second kappa shape index (κ2) is 6.86. The van der Waals surface area contributed by atoms with Crippen LogP contribution in [0.15, 0.2) is 65.1 Å². The van der Waals surface area contributed by atoms with Gasteiger partial charge in [0.1, 0.15) is 0 Å². The van der Waals surface area contributed by atoms with Crippen LogP contribution in [0.25, 0.3) is 21.9 Å². The van der Waals surface area contributed by atoms with Gasteiger partial charge in [-0.2, -0.15) is 0 Å². The third-order valence-electron chi connectivity index (χ3n) is 3.47.